The van der Waals surface area contributed by atoms with Crippen LogP contribution in [0, 0.1) is 15.9 Å². The van der Waals surface area contributed by atoms with E-state index in [1.165, 1.54) is 12.1 Å². The molecule has 0 radical (unpaired) electrons. The summed E-state index contributed by atoms with van der Waals surface area (Å²) in [6, 6.07) is 10.5. The van der Waals surface area contributed by atoms with Crippen LogP contribution in [0.15, 0.2) is 42.5 Å². The van der Waals surface area contributed by atoms with Crippen molar-refractivity contribution < 1.29 is 14.1 Å². The van der Waals surface area contributed by atoms with Gasteiger partial charge in [0.15, 0.2) is 0 Å². The Kier molecular flexibility index (Phi) is 5.24. The molecule has 0 aliphatic heterocycles. The van der Waals surface area contributed by atoms with Crippen LogP contribution in [0.1, 0.15) is 15.9 Å². The summed E-state index contributed by atoms with van der Waals surface area (Å²) >= 11 is 0. The lowest BCUT2D eigenvalue weighted by Gasteiger charge is -2.08. The second kappa shape index (κ2) is 7.35. The molecule has 0 atom stereocenters. The molecule has 0 heterocycles. The zero-order valence-corrected chi connectivity index (χ0v) is 12.5. The lowest BCUT2D eigenvalue weighted by molar-refractivity contribution is -0.384. The number of carbonyl (C=O) groups excluding carboxylic acids is 1. The topological polar surface area (TPSA) is 84.3 Å². The van der Waals surface area contributed by atoms with Gasteiger partial charge in [0.25, 0.3) is 11.6 Å². The second-order valence-electron chi connectivity index (χ2n) is 4.87. The Labute approximate surface area is 132 Å². The third kappa shape index (κ3) is 4.26. The molecule has 0 saturated carbocycles. The highest BCUT2D eigenvalue weighted by atomic mass is 19.1. The standard InChI is InChI=1S/C16H16FN3O3/c1-18-16(21)12-4-2-3-11(9-12)7-8-19-14-6-5-13(17)10-15(14)20(22)23/h2-6,9-10,19H,7-8H2,1H3,(H,18,21). The van der Waals surface area contributed by atoms with Gasteiger partial charge in [-0.2, -0.15) is 0 Å². The number of benzene rings is 2. The molecule has 120 valence electrons. The van der Waals surface area contributed by atoms with E-state index < -0.39 is 10.7 Å². The first-order valence-electron chi connectivity index (χ1n) is 7.00. The van der Waals surface area contributed by atoms with Crippen LogP contribution in [-0.2, 0) is 6.42 Å². The van der Waals surface area contributed by atoms with E-state index in [0.717, 1.165) is 11.6 Å². The predicted molar refractivity (Wildman–Crippen MR) is 85.1 cm³/mol. The minimum Gasteiger partial charge on any atom is -0.379 e. The van der Waals surface area contributed by atoms with Crippen molar-refractivity contribution in [2.24, 2.45) is 0 Å². The fourth-order valence-corrected chi connectivity index (χ4v) is 2.16. The molecule has 2 rings (SSSR count). The molecule has 0 fully saturated rings. The van der Waals surface area contributed by atoms with Crippen molar-refractivity contribution in [2.45, 2.75) is 6.42 Å². The Balaban J connectivity index is 2.03. The van der Waals surface area contributed by atoms with Gasteiger partial charge in [-0.05, 0) is 36.2 Å². The summed E-state index contributed by atoms with van der Waals surface area (Å²) < 4.78 is 13.1. The number of anilines is 1. The highest BCUT2D eigenvalue weighted by molar-refractivity contribution is 5.94. The van der Waals surface area contributed by atoms with Gasteiger partial charge in [0.2, 0.25) is 0 Å². The molecular weight excluding hydrogens is 301 g/mol. The summed E-state index contributed by atoms with van der Waals surface area (Å²) in [6.45, 7) is 0.420. The Morgan fingerprint density at radius 2 is 2.04 bits per heavy atom. The zero-order valence-electron chi connectivity index (χ0n) is 12.5. The molecule has 0 aromatic heterocycles. The normalized spacial score (nSPS) is 10.2. The number of hydrogen-bond acceptors (Lipinski definition) is 4. The van der Waals surface area contributed by atoms with Crippen LogP contribution in [0.25, 0.3) is 0 Å². The van der Waals surface area contributed by atoms with Crippen LogP contribution in [0.3, 0.4) is 0 Å². The van der Waals surface area contributed by atoms with Crippen LogP contribution in [-0.4, -0.2) is 24.4 Å². The molecule has 6 nitrogen and oxygen atoms in total. The minimum atomic E-state index is -0.652. The van der Waals surface area contributed by atoms with E-state index in [-0.39, 0.29) is 17.3 Å². The van der Waals surface area contributed by atoms with Gasteiger partial charge in [0, 0.05) is 19.2 Å². The van der Waals surface area contributed by atoms with Crippen molar-refractivity contribution in [1.29, 1.82) is 0 Å². The monoisotopic (exact) mass is 317 g/mol. The van der Waals surface area contributed by atoms with Crippen LogP contribution < -0.4 is 10.6 Å². The van der Waals surface area contributed by atoms with Gasteiger partial charge >= 0.3 is 0 Å². The molecule has 0 spiro atoms. The number of amides is 1. The van der Waals surface area contributed by atoms with Crippen LogP contribution in [0.2, 0.25) is 0 Å². The summed E-state index contributed by atoms with van der Waals surface area (Å²) in [7, 11) is 1.56. The van der Waals surface area contributed by atoms with Gasteiger partial charge in [0.05, 0.1) is 11.0 Å². The van der Waals surface area contributed by atoms with Crippen LogP contribution in [0.5, 0.6) is 0 Å². The second-order valence-corrected chi connectivity index (χ2v) is 4.87. The Morgan fingerprint density at radius 3 is 2.74 bits per heavy atom. The highest BCUT2D eigenvalue weighted by Gasteiger charge is 2.14. The molecule has 1 amide bonds. The van der Waals surface area contributed by atoms with Crippen LogP contribution >= 0.6 is 0 Å². The largest absolute Gasteiger partial charge is 0.379 e. The number of nitrogens with one attached hydrogen (secondary N) is 2. The molecule has 0 bridgehead atoms. The van der Waals surface area contributed by atoms with Crippen molar-refractivity contribution >= 4 is 17.3 Å². The van der Waals surface area contributed by atoms with Crippen LogP contribution in [0.4, 0.5) is 15.8 Å². The van der Waals surface area contributed by atoms with E-state index in [2.05, 4.69) is 10.6 Å². The SMILES string of the molecule is CNC(=O)c1cccc(CCNc2ccc(F)cc2[N+](=O)[O-])c1. The molecule has 7 heteroatoms. The number of carbonyl (C=O) groups is 1. The summed E-state index contributed by atoms with van der Waals surface area (Å²) in [4.78, 5) is 21.9. The van der Waals surface area contributed by atoms with Gasteiger partial charge in [-0.1, -0.05) is 12.1 Å². The fraction of sp³-hybridized carbons (Fsp3) is 0.188. The number of rotatable bonds is 6. The quantitative estimate of drug-likeness (QED) is 0.634. The van der Waals surface area contributed by atoms with Crippen molar-refractivity contribution in [3.05, 3.63) is 69.5 Å². The fourth-order valence-electron chi connectivity index (χ4n) is 2.16. The predicted octanol–water partition coefficient (Wildman–Crippen LogP) is 2.75. The first-order valence-corrected chi connectivity index (χ1v) is 7.00. The first-order chi connectivity index (χ1) is 11.0. The first kappa shape index (κ1) is 16.4. The molecule has 0 aliphatic carbocycles. The average Bonchev–Trinajstić information content (AvgIpc) is 2.55. The van der Waals surface area contributed by atoms with Gasteiger partial charge in [-0.25, -0.2) is 4.39 Å². The number of halogens is 1. The lowest BCUT2D eigenvalue weighted by Crippen LogP contribution is -2.18. The van der Waals surface area contributed by atoms with Crippen molar-refractivity contribution in [2.75, 3.05) is 18.9 Å². The molecule has 0 aliphatic rings. The highest BCUT2D eigenvalue weighted by Crippen LogP contribution is 2.24. The van der Waals surface area contributed by atoms with Gasteiger partial charge < -0.3 is 10.6 Å². The molecule has 2 N–H and O–H groups in total. The van der Waals surface area contributed by atoms with E-state index in [1.807, 2.05) is 6.07 Å². The molecular formula is C16H16FN3O3. The zero-order chi connectivity index (χ0) is 16.8. The maximum Gasteiger partial charge on any atom is 0.295 e. The number of nitro benzene ring substituents is 1. The summed E-state index contributed by atoms with van der Waals surface area (Å²) in [5, 5.41) is 16.4. The third-order valence-corrected chi connectivity index (χ3v) is 3.30. The van der Waals surface area contributed by atoms with E-state index in [1.54, 1.807) is 25.2 Å². The van der Waals surface area contributed by atoms with Crippen molar-refractivity contribution in [3.63, 3.8) is 0 Å². The van der Waals surface area contributed by atoms with Gasteiger partial charge in [-0.15, -0.1) is 0 Å². The molecule has 0 unspecified atom stereocenters. The average molecular weight is 317 g/mol. The molecule has 23 heavy (non-hydrogen) atoms. The summed E-state index contributed by atoms with van der Waals surface area (Å²) in [6.07, 6.45) is 0.569. The minimum absolute atomic E-state index is 0.172. The smallest absolute Gasteiger partial charge is 0.295 e. The van der Waals surface area contributed by atoms with E-state index in [9.17, 15) is 19.3 Å². The van der Waals surface area contributed by atoms with E-state index in [4.69, 9.17) is 0 Å². The number of nitrogens with zero attached hydrogens (tertiary/aromatic N) is 1. The molecule has 2 aromatic carbocycles. The van der Waals surface area contributed by atoms with E-state index in [0.29, 0.717) is 18.5 Å². The van der Waals surface area contributed by atoms with Crippen molar-refractivity contribution in [1.82, 2.24) is 5.32 Å². The van der Waals surface area contributed by atoms with Gasteiger partial charge in [-0.3, -0.25) is 14.9 Å². The Morgan fingerprint density at radius 1 is 1.26 bits per heavy atom. The Hall–Kier alpha value is -2.96. The van der Waals surface area contributed by atoms with Gasteiger partial charge in [0.1, 0.15) is 11.5 Å². The number of hydrogen-bond donors (Lipinski definition) is 2. The van der Waals surface area contributed by atoms with Crippen molar-refractivity contribution in [3.8, 4) is 0 Å². The summed E-state index contributed by atoms with van der Waals surface area (Å²) in [5.74, 6) is -0.825. The summed E-state index contributed by atoms with van der Waals surface area (Å²) in [5.41, 5.74) is 1.43. The van der Waals surface area contributed by atoms with E-state index >= 15 is 0 Å². The molecule has 0 saturated heterocycles. The Bertz CT molecular complexity index is 734. The molecule has 2 aromatic rings. The lowest BCUT2D eigenvalue weighted by atomic mass is 10.1. The third-order valence-electron chi connectivity index (χ3n) is 3.30. The number of nitro groups is 1. The maximum atomic E-state index is 13.1. The maximum absolute atomic E-state index is 13.1.